The summed E-state index contributed by atoms with van der Waals surface area (Å²) in [5, 5.41) is 0. The van der Waals surface area contributed by atoms with Crippen molar-refractivity contribution in [3.8, 4) is 5.75 Å². The summed E-state index contributed by atoms with van der Waals surface area (Å²) in [5.74, 6) is 0.903. The van der Waals surface area contributed by atoms with Crippen LogP contribution in [-0.4, -0.2) is 28.4 Å². The van der Waals surface area contributed by atoms with Gasteiger partial charge in [-0.2, -0.15) is 4.58 Å². The number of para-hydroxylation sites is 2. The Morgan fingerprint density at radius 3 is 2.43 bits per heavy atom. The molecule has 3 aromatic rings. The zero-order valence-electron chi connectivity index (χ0n) is 16.4. The molecule has 2 heterocycles. The highest BCUT2D eigenvalue weighted by atomic mass is 16.5. The van der Waals surface area contributed by atoms with Gasteiger partial charge in [0.15, 0.2) is 12.3 Å². The lowest BCUT2D eigenvalue weighted by Crippen LogP contribution is -2.29. The second kappa shape index (κ2) is 7.81. The Bertz CT molecular complexity index is 1000. The minimum atomic E-state index is -0.0748. The normalized spacial score (nSPS) is 15.1. The zero-order chi connectivity index (χ0) is 19.4. The fourth-order valence-electron chi connectivity index (χ4n) is 3.79. The number of hydrogen-bond donors (Lipinski definition) is 0. The van der Waals surface area contributed by atoms with Gasteiger partial charge in [-0.3, -0.25) is 4.98 Å². The van der Waals surface area contributed by atoms with E-state index in [4.69, 9.17) is 4.74 Å². The molecule has 0 aliphatic carbocycles. The highest BCUT2D eigenvalue weighted by Crippen LogP contribution is 2.39. The lowest BCUT2D eigenvalue weighted by atomic mass is 9.81. The standard InChI is InChI=1S/C25H25N2O/c1-25(2)22-13-6-7-14-23(22)27(18-19-28-21-11-4-3-5-12-21)24(25)16-15-20-10-8-9-17-26-20/h3-17H,18-19H2,1-2H3/q+1. The van der Waals surface area contributed by atoms with Crippen LogP contribution in [0.4, 0.5) is 5.69 Å². The Labute approximate surface area is 166 Å². The molecule has 0 saturated heterocycles. The predicted octanol–water partition coefficient (Wildman–Crippen LogP) is 5.25. The minimum absolute atomic E-state index is 0.0748. The third-order valence-electron chi connectivity index (χ3n) is 5.23. The van der Waals surface area contributed by atoms with Crippen LogP contribution in [0, 0.1) is 0 Å². The van der Waals surface area contributed by atoms with E-state index in [1.165, 1.54) is 17.0 Å². The van der Waals surface area contributed by atoms with Gasteiger partial charge in [-0.25, -0.2) is 0 Å². The van der Waals surface area contributed by atoms with Crippen LogP contribution in [0.15, 0.2) is 85.1 Å². The lowest BCUT2D eigenvalue weighted by Gasteiger charge is -2.15. The molecule has 2 aromatic carbocycles. The quantitative estimate of drug-likeness (QED) is 0.555. The van der Waals surface area contributed by atoms with Gasteiger partial charge < -0.3 is 4.74 Å². The first-order valence-electron chi connectivity index (χ1n) is 9.68. The molecule has 0 fully saturated rings. The van der Waals surface area contributed by atoms with Gasteiger partial charge in [-0.1, -0.05) is 42.5 Å². The van der Waals surface area contributed by atoms with E-state index >= 15 is 0 Å². The van der Waals surface area contributed by atoms with Crippen molar-refractivity contribution >= 4 is 17.5 Å². The van der Waals surface area contributed by atoms with Gasteiger partial charge in [0.25, 0.3) is 0 Å². The fraction of sp³-hybridized carbons (Fsp3) is 0.200. The van der Waals surface area contributed by atoms with Crippen molar-refractivity contribution in [1.82, 2.24) is 4.98 Å². The molecule has 0 spiro atoms. The van der Waals surface area contributed by atoms with Crippen molar-refractivity contribution in [1.29, 1.82) is 0 Å². The van der Waals surface area contributed by atoms with Gasteiger partial charge in [0.2, 0.25) is 5.69 Å². The largest absolute Gasteiger partial charge is 0.487 e. The van der Waals surface area contributed by atoms with Gasteiger partial charge in [0.1, 0.15) is 12.4 Å². The molecule has 1 aliphatic rings. The Morgan fingerprint density at radius 1 is 0.893 bits per heavy atom. The van der Waals surface area contributed by atoms with Gasteiger partial charge in [-0.05, 0) is 44.2 Å². The summed E-state index contributed by atoms with van der Waals surface area (Å²) >= 11 is 0. The molecule has 140 valence electrons. The smallest absolute Gasteiger partial charge is 0.209 e. The van der Waals surface area contributed by atoms with Crippen LogP contribution in [-0.2, 0) is 5.41 Å². The molecule has 1 aromatic heterocycles. The van der Waals surface area contributed by atoms with E-state index in [2.05, 4.69) is 59.8 Å². The van der Waals surface area contributed by atoms with Crippen molar-refractivity contribution in [3.63, 3.8) is 0 Å². The van der Waals surface area contributed by atoms with Crippen LogP contribution in [0.5, 0.6) is 5.75 Å². The average molecular weight is 369 g/mol. The van der Waals surface area contributed by atoms with E-state index in [1.807, 2.05) is 54.7 Å². The maximum atomic E-state index is 5.97. The molecule has 0 amide bonds. The molecule has 0 N–H and O–H groups in total. The Hall–Kier alpha value is -3.20. The average Bonchev–Trinajstić information content (AvgIpc) is 2.95. The first-order chi connectivity index (χ1) is 13.7. The maximum Gasteiger partial charge on any atom is 0.209 e. The number of rotatable bonds is 6. The molecule has 0 radical (unpaired) electrons. The Balaban J connectivity index is 1.64. The monoisotopic (exact) mass is 369 g/mol. The molecule has 28 heavy (non-hydrogen) atoms. The van der Waals surface area contributed by atoms with Crippen LogP contribution in [0.25, 0.3) is 6.08 Å². The molecule has 1 aliphatic heterocycles. The van der Waals surface area contributed by atoms with Crippen molar-refractivity contribution in [2.45, 2.75) is 19.3 Å². The predicted molar refractivity (Wildman–Crippen MR) is 114 cm³/mol. The van der Waals surface area contributed by atoms with Crippen molar-refractivity contribution in [2.75, 3.05) is 13.2 Å². The van der Waals surface area contributed by atoms with Gasteiger partial charge >= 0.3 is 0 Å². The molecule has 0 saturated carbocycles. The third-order valence-corrected chi connectivity index (χ3v) is 5.23. The second-order valence-electron chi connectivity index (χ2n) is 7.43. The SMILES string of the molecule is CC1(C)C(C=Cc2ccccn2)=[N+](CCOc2ccccc2)c2ccccc21. The summed E-state index contributed by atoms with van der Waals surface area (Å²) in [6, 6.07) is 24.6. The maximum absolute atomic E-state index is 5.97. The van der Waals surface area contributed by atoms with Crippen molar-refractivity contribution in [3.05, 3.63) is 96.3 Å². The third kappa shape index (κ3) is 3.61. The van der Waals surface area contributed by atoms with E-state index < -0.39 is 0 Å². The number of aromatic nitrogens is 1. The first kappa shape index (κ1) is 18.2. The molecule has 3 nitrogen and oxygen atoms in total. The van der Waals surface area contributed by atoms with Crippen LogP contribution < -0.4 is 4.74 Å². The molecule has 0 unspecified atom stereocenters. The second-order valence-corrected chi connectivity index (χ2v) is 7.43. The molecular formula is C25H25N2O+. The first-order valence-corrected chi connectivity index (χ1v) is 9.68. The van der Waals surface area contributed by atoms with Crippen LogP contribution in [0.3, 0.4) is 0 Å². The fourth-order valence-corrected chi connectivity index (χ4v) is 3.79. The molecule has 0 bridgehead atoms. The van der Waals surface area contributed by atoms with E-state index in [-0.39, 0.29) is 5.41 Å². The number of ether oxygens (including phenoxy) is 1. The molecule has 0 atom stereocenters. The number of fused-ring (bicyclic) bond motifs is 1. The summed E-state index contributed by atoms with van der Waals surface area (Å²) in [7, 11) is 0. The molecule has 3 heteroatoms. The highest BCUT2D eigenvalue weighted by molar-refractivity contribution is 6.05. The number of pyridine rings is 1. The van der Waals surface area contributed by atoms with Crippen LogP contribution >= 0.6 is 0 Å². The van der Waals surface area contributed by atoms with Gasteiger partial charge in [-0.15, -0.1) is 0 Å². The molecule has 4 rings (SSSR count). The lowest BCUT2D eigenvalue weighted by molar-refractivity contribution is -0.439. The van der Waals surface area contributed by atoms with Crippen LogP contribution in [0.2, 0.25) is 0 Å². The minimum Gasteiger partial charge on any atom is -0.487 e. The van der Waals surface area contributed by atoms with E-state index in [1.54, 1.807) is 0 Å². The number of hydrogen-bond acceptors (Lipinski definition) is 2. The van der Waals surface area contributed by atoms with E-state index in [0.29, 0.717) is 6.61 Å². The zero-order valence-corrected chi connectivity index (χ0v) is 16.4. The number of allylic oxidation sites excluding steroid dienone is 1. The van der Waals surface area contributed by atoms with Crippen LogP contribution in [0.1, 0.15) is 25.1 Å². The summed E-state index contributed by atoms with van der Waals surface area (Å²) in [4.78, 5) is 4.42. The topological polar surface area (TPSA) is 25.1 Å². The van der Waals surface area contributed by atoms with E-state index in [0.717, 1.165) is 18.0 Å². The summed E-state index contributed by atoms with van der Waals surface area (Å²) < 4.78 is 8.34. The highest BCUT2D eigenvalue weighted by Gasteiger charge is 2.43. The summed E-state index contributed by atoms with van der Waals surface area (Å²) in [6.07, 6.45) is 6.11. The van der Waals surface area contributed by atoms with Gasteiger partial charge in [0, 0.05) is 23.9 Å². The Kier molecular flexibility index (Phi) is 5.07. The van der Waals surface area contributed by atoms with Gasteiger partial charge in [0.05, 0.1) is 11.1 Å². The van der Waals surface area contributed by atoms with Crippen molar-refractivity contribution in [2.24, 2.45) is 0 Å². The number of benzene rings is 2. The van der Waals surface area contributed by atoms with E-state index in [9.17, 15) is 0 Å². The summed E-state index contributed by atoms with van der Waals surface area (Å²) in [5.41, 5.74) is 4.74. The molecular weight excluding hydrogens is 344 g/mol. The van der Waals surface area contributed by atoms with Crippen molar-refractivity contribution < 1.29 is 9.31 Å². The Morgan fingerprint density at radius 2 is 1.64 bits per heavy atom. The summed E-state index contributed by atoms with van der Waals surface area (Å²) in [6.45, 7) is 5.97. The number of nitrogens with zero attached hydrogens (tertiary/aromatic N) is 2.